The highest BCUT2D eigenvalue weighted by atomic mass is 32.1. The van der Waals surface area contributed by atoms with E-state index in [-0.39, 0.29) is 5.91 Å². The molecule has 1 aliphatic rings. The number of aromatic nitrogens is 2. The van der Waals surface area contributed by atoms with E-state index < -0.39 is 0 Å². The van der Waals surface area contributed by atoms with Crippen molar-refractivity contribution in [3.63, 3.8) is 0 Å². The molecule has 1 saturated heterocycles. The van der Waals surface area contributed by atoms with Crippen LogP contribution in [0.15, 0.2) is 42.6 Å². The van der Waals surface area contributed by atoms with Gasteiger partial charge in [-0.3, -0.25) is 4.79 Å². The number of thiazole rings is 1. The molecule has 0 atom stereocenters. The number of amides is 1. The van der Waals surface area contributed by atoms with Crippen LogP contribution in [-0.4, -0.2) is 54.0 Å². The van der Waals surface area contributed by atoms with Crippen molar-refractivity contribution in [3.8, 4) is 0 Å². The van der Waals surface area contributed by atoms with Crippen molar-refractivity contribution in [2.45, 2.75) is 13.3 Å². The van der Waals surface area contributed by atoms with E-state index in [0.717, 1.165) is 52.9 Å². The number of rotatable bonds is 4. The van der Waals surface area contributed by atoms with E-state index in [0.29, 0.717) is 11.6 Å². The summed E-state index contributed by atoms with van der Waals surface area (Å²) in [4.78, 5) is 25.3. The third-order valence-electron chi connectivity index (χ3n) is 5.76. The van der Waals surface area contributed by atoms with Crippen molar-refractivity contribution < 1.29 is 4.79 Å². The zero-order valence-electron chi connectivity index (χ0n) is 17.2. The number of carbonyl (C=O) groups excluding carboxylic acids is 1. The molecule has 7 heteroatoms. The topological polar surface area (TPSA) is 64.3 Å². The molecule has 154 valence electrons. The van der Waals surface area contributed by atoms with Gasteiger partial charge in [-0.25, -0.2) is 4.98 Å². The number of nitrogens with zero attached hydrogens (tertiary/aromatic N) is 3. The molecule has 0 unspecified atom stereocenters. The summed E-state index contributed by atoms with van der Waals surface area (Å²) in [7, 11) is 2.16. The molecule has 0 aliphatic carbocycles. The number of nitrogens with one attached hydrogen (secondary N) is 2. The number of fused-ring (bicyclic) bond motifs is 2. The molecular formula is C23H25N5OS. The highest BCUT2D eigenvalue weighted by Gasteiger charge is 2.16. The quantitative estimate of drug-likeness (QED) is 0.524. The van der Waals surface area contributed by atoms with Gasteiger partial charge in [0.2, 0.25) is 5.91 Å². The van der Waals surface area contributed by atoms with Gasteiger partial charge in [0.1, 0.15) is 0 Å². The second-order valence-corrected chi connectivity index (χ2v) is 9.08. The van der Waals surface area contributed by atoms with Crippen LogP contribution in [0.1, 0.15) is 11.1 Å². The van der Waals surface area contributed by atoms with E-state index in [1.54, 1.807) is 0 Å². The highest BCUT2D eigenvalue weighted by Crippen LogP contribution is 2.30. The smallest absolute Gasteiger partial charge is 0.230 e. The molecule has 2 aromatic heterocycles. The predicted octanol–water partition coefficient (Wildman–Crippen LogP) is 4.02. The number of H-pyrrole nitrogens is 1. The molecule has 0 spiro atoms. The predicted molar refractivity (Wildman–Crippen MR) is 125 cm³/mol. The van der Waals surface area contributed by atoms with Gasteiger partial charge in [0, 0.05) is 49.0 Å². The molecule has 5 rings (SSSR count). The van der Waals surface area contributed by atoms with Crippen LogP contribution < -0.4 is 10.2 Å². The Morgan fingerprint density at radius 1 is 1.17 bits per heavy atom. The summed E-state index contributed by atoms with van der Waals surface area (Å²) in [5.41, 5.74) is 5.40. The first kappa shape index (κ1) is 19.1. The van der Waals surface area contributed by atoms with E-state index in [4.69, 9.17) is 0 Å². The average Bonchev–Trinajstić information content (AvgIpc) is 3.31. The second-order valence-electron chi connectivity index (χ2n) is 8.05. The van der Waals surface area contributed by atoms with E-state index in [1.165, 1.54) is 22.6 Å². The third-order valence-corrected chi connectivity index (χ3v) is 6.69. The molecule has 2 aromatic carbocycles. The Bertz CT molecular complexity index is 1220. The van der Waals surface area contributed by atoms with Gasteiger partial charge in [-0.1, -0.05) is 23.0 Å². The van der Waals surface area contributed by atoms with Gasteiger partial charge >= 0.3 is 0 Å². The fraction of sp³-hybridized carbons (Fsp3) is 0.304. The lowest BCUT2D eigenvalue weighted by Crippen LogP contribution is -2.44. The Labute approximate surface area is 179 Å². The van der Waals surface area contributed by atoms with Gasteiger partial charge in [0.15, 0.2) is 5.13 Å². The van der Waals surface area contributed by atoms with Gasteiger partial charge in [0.25, 0.3) is 0 Å². The SMILES string of the molecule is Cc1ccc2[nH]cc(CC(=O)Nc3nc4ccc(N5CCN(C)CC5)cc4s3)c2c1. The minimum absolute atomic E-state index is 0.0456. The lowest BCUT2D eigenvalue weighted by atomic mass is 10.1. The van der Waals surface area contributed by atoms with Crippen LogP contribution in [0.5, 0.6) is 0 Å². The zero-order chi connectivity index (χ0) is 20.7. The Kier molecular flexibility index (Phi) is 4.92. The standard InChI is InChI=1S/C23H25N5OS/c1-15-3-5-19-18(11-15)16(14-24-19)12-22(29)26-23-25-20-6-4-17(13-21(20)30-23)28-9-7-27(2)8-10-28/h3-6,11,13-14,24H,7-10,12H2,1-2H3,(H,25,26,29). The molecule has 30 heavy (non-hydrogen) atoms. The van der Waals surface area contributed by atoms with E-state index in [2.05, 4.69) is 75.5 Å². The van der Waals surface area contributed by atoms with Crippen LogP contribution in [0.25, 0.3) is 21.1 Å². The van der Waals surface area contributed by atoms with Crippen molar-refractivity contribution >= 4 is 49.2 Å². The van der Waals surface area contributed by atoms with Crippen molar-refractivity contribution in [3.05, 3.63) is 53.7 Å². The average molecular weight is 420 g/mol. The largest absolute Gasteiger partial charge is 0.369 e. The maximum Gasteiger partial charge on any atom is 0.230 e. The van der Waals surface area contributed by atoms with Gasteiger partial charge in [-0.15, -0.1) is 0 Å². The van der Waals surface area contributed by atoms with Crippen LogP contribution >= 0.6 is 11.3 Å². The molecule has 2 N–H and O–H groups in total. The minimum atomic E-state index is -0.0456. The Morgan fingerprint density at radius 2 is 2.00 bits per heavy atom. The molecular weight excluding hydrogens is 394 g/mol. The number of hydrogen-bond donors (Lipinski definition) is 2. The van der Waals surface area contributed by atoms with Gasteiger partial charge in [-0.2, -0.15) is 0 Å². The highest BCUT2D eigenvalue weighted by molar-refractivity contribution is 7.22. The molecule has 0 bridgehead atoms. The van der Waals surface area contributed by atoms with Crippen LogP contribution in [-0.2, 0) is 11.2 Å². The molecule has 1 aliphatic heterocycles. The molecule has 3 heterocycles. The van der Waals surface area contributed by atoms with Crippen molar-refractivity contribution in [2.75, 3.05) is 43.4 Å². The summed E-state index contributed by atoms with van der Waals surface area (Å²) in [6, 6.07) is 12.6. The number of aromatic amines is 1. The minimum Gasteiger partial charge on any atom is -0.369 e. The number of piperazine rings is 1. The van der Waals surface area contributed by atoms with Gasteiger partial charge < -0.3 is 20.1 Å². The molecule has 4 aromatic rings. The van der Waals surface area contributed by atoms with Crippen molar-refractivity contribution in [1.29, 1.82) is 0 Å². The lowest BCUT2D eigenvalue weighted by molar-refractivity contribution is -0.115. The van der Waals surface area contributed by atoms with E-state index in [1.807, 2.05) is 6.20 Å². The molecule has 0 radical (unpaired) electrons. The Balaban J connectivity index is 1.31. The first-order chi connectivity index (χ1) is 14.5. The normalized spacial score (nSPS) is 15.2. The summed E-state index contributed by atoms with van der Waals surface area (Å²) in [5, 5.41) is 4.75. The molecule has 6 nitrogen and oxygen atoms in total. The molecule has 0 saturated carbocycles. The van der Waals surface area contributed by atoms with Crippen LogP contribution in [0.3, 0.4) is 0 Å². The summed E-state index contributed by atoms with van der Waals surface area (Å²) in [5.74, 6) is -0.0456. The van der Waals surface area contributed by atoms with Crippen LogP contribution in [0.2, 0.25) is 0 Å². The maximum absolute atomic E-state index is 12.7. The number of likely N-dealkylation sites (N-methyl/N-ethyl adjacent to an activating group) is 1. The fourth-order valence-electron chi connectivity index (χ4n) is 4.00. The molecule has 1 fully saturated rings. The number of benzene rings is 2. The number of anilines is 2. The monoisotopic (exact) mass is 419 g/mol. The van der Waals surface area contributed by atoms with Crippen LogP contribution in [0, 0.1) is 6.92 Å². The summed E-state index contributed by atoms with van der Waals surface area (Å²) in [6.07, 6.45) is 2.25. The number of hydrogen-bond acceptors (Lipinski definition) is 5. The van der Waals surface area contributed by atoms with Crippen LogP contribution in [0.4, 0.5) is 10.8 Å². The van der Waals surface area contributed by atoms with E-state index >= 15 is 0 Å². The number of aryl methyl sites for hydroxylation is 1. The lowest BCUT2D eigenvalue weighted by Gasteiger charge is -2.34. The van der Waals surface area contributed by atoms with E-state index in [9.17, 15) is 4.79 Å². The first-order valence-electron chi connectivity index (χ1n) is 10.3. The third kappa shape index (κ3) is 3.78. The maximum atomic E-state index is 12.7. The Morgan fingerprint density at radius 3 is 2.83 bits per heavy atom. The first-order valence-corrected chi connectivity index (χ1v) is 11.1. The van der Waals surface area contributed by atoms with Crippen molar-refractivity contribution in [2.24, 2.45) is 0 Å². The zero-order valence-corrected chi connectivity index (χ0v) is 18.1. The van der Waals surface area contributed by atoms with Gasteiger partial charge in [-0.05, 0) is 49.9 Å². The number of carbonyl (C=O) groups is 1. The van der Waals surface area contributed by atoms with Gasteiger partial charge in [0.05, 0.1) is 16.6 Å². The summed E-state index contributed by atoms with van der Waals surface area (Å²) >= 11 is 1.54. The van der Waals surface area contributed by atoms with Crippen molar-refractivity contribution in [1.82, 2.24) is 14.9 Å². The fourth-order valence-corrected chi connectivity index (χ4v) is 4.92. The summed E-state index contributed by atoms with van der Waals surface area (Å²) in [6.45, 7) is 6.29. The molecule has 1 amide bonds. The summed E-state index contributed by atoms with van der Waals surface area (Å²) < 4.78 is 1.10. The second kappa shape index (κ2) is 7.74. The Hall–Kier alpha value is -2.90.